The molecule has 0 fully saturated rings. The highest BCUT2D eigenvalue weighted by Gasteiger charge is 2.22. The highest BCUT2D eigenvalue weighted by Crippen LogP contribution is 2.23. The molecule has 7 nitrogen and oxygen atoms in total. The second-order valence-corrected chi connectivity index (χ2v) is 9.29. The average Bonchev–Trinajstić information content (AvgIpc) is 2.98. The van der Waals surface area contributed by atoms with Crippen molar-refractivity contribution in [3.05, 3.63) is 125 Å². The van der Waals surface area contributed by atoms with E-state index in [9.17, 15) is 19.5 Å². The maximum atomic E-state index is 12.7. The third kappa shape index (κ3) is 7.65. The molecular weight excluding hydrogens is 504 g/mol. The van der Waals surface area contributed by atoms with E-state index in [1.165, 1.54) is 6.07 Å². The van der Waals surface area contributed by atoms with Crippen molar-refractivity contribution in [2.24, 2.45) is 0 Å². The molecule has 7 heteroatoms. The molecule has 0 spiro atoms. The molecule has 204 valence electrons. The molecule has 3 N–H and O–H groups in total. The van der Waals surface area contributed by atoms with Crippen LogP contribution in [0.4, 0.5) is 5.69 Å². The van der Waals surface area contributed by atoms with E-state index in [0.717, 1.165) is 22.3 Å². The van der Waals surface area contributed by atoms with Gasteiger partial charge in [-0.3, -0.25) is 4.79 Å². The highest BCUT2D eigenvalue weighted by atomic mass is 16.5. The smallest absolute Gasteiger partial charge is 0.337 e. The molecule has 0 saturated carbocycles. The Morgan fingerprint density at radius 3 is 2.25 bits per heavy atom. The minimum Gasteiger partial charge on any atom is -0.478 e. The van der Waals surface area contributed by atoms with Gasteiger partial charge in [0.05, 0.1) is 18.7 Å². The van der Waals surface area contributed by atoms with Gasteiger partial charge in [-0.1, -0.05) is 84.9 Å². The van der Waals surface area contributed by atoms with Crippen LogP contribution in [0.2, 0.25) is 0 Å². The molecule has 40 heavy (non-hydrogen) atoms. The first-order valence-corrected chi connectivity index (χ1v) is 13.2. The highest BCUT2D eigenvalue weighted by molar-refractivity contribution is 5.97. The standard InChI is InChI=1S/C33H32N2O5/c1-2-40-33(39)30(35-29-14-7-6-13-28(29)32(37)38)20-23-15-17-25(18-16-23)27-12-8-9-24(19-27)21-34-22-31(36)26-10-4-3-5-11-26/h3-19,30,34-35H,2,20-22H2,1H3,(H,37,38)/t30-/m0/s1. The van der Waals surface area contributed by atoms with E-state index < -0.39 is 18.0 Å². The molecular formula is C33H32N2O5. The summed E-state index contributed by atoms with van der Waals surface area (Å²) in [4.78, 5) is 36.7. The van der Waals surface area contributed by atoms with Gasteiger partial charge in [0.1, 0.15) is 6.04 Å². The predicted octanol–water partition coefficient (Wildman–Crippen LogP) is 5.61. The normalized spacial score (nSPS) is 11.4. The lowest BCUT2D eigenvalue weighted by Crippen LogP contribution is -2.34. The molecule has 0 aliphatic heterocycles. The summed E-state index contributed by atoms with van der Waals surface area (Å²) >= 11 is 0. The summed E-state index contributed by atoms with van der Waals surface area (Å²) in [6, 6.07) is 31.0. The fourth-order valence-electron chi connectivity index (χ4n) is 4.40. The summed E-state index contributed by atoms with van der Waals surface area (Å²) in [6.07, 6.45) is 0.326. The number of anilines is 1. The van der Waals surface area contributed by atoms with Crippen LogP contribution in [-0.2, 0) is 22.5 Å². The van der Waals surface area contributed by atoms with Gasteiger partial charge in [0.15, 0.2) is 5.78 Å². The van der Waals surface area contributed by atoms with Crippen molar-refractivity contribution in [1.29, 1.82) is 0 Å². The topological polar surface area (TPSA) is 105 Å². The molecule has 4 rings (SSSR count). The lowest BCUT2D eigenvalue weighted by molar-refractivity contribution is -0.144. The number of para-hydroxylation sites is 1. The summed E-state index contributed by atoms with van der Waals surface area (Å²) < 4.78 is 5.25. The molecule has 0 saturated heterocycles. The summed E-state index contributed by atoms with van der Waals surface area (Å²) in [6.45, 7) is 2.78. The number of nitrogens with one attached hydrogen (secondary N) is 2. The van der Waals surface area contributed by atoms with Crippen LogP contribution in [0.3, 0.4) is 0 Å². The van der Waals surface area contributed by atoms with Crippen molar-refractivity contribution in [1.82, 2.24) is 5.32 Å². The van der Waals surface area contributed by atoms with E-state index in [0.29, 0.717) is 24.2 Å². The van der Waals surface area contributed by atoms with Crippen LogP contribution in [0.5, 0.6) is 0 Å². The molecule has 4 aromatic carbocycles. The van der Waals surface area contributed by atoms with Gasteiger partial charge in [-0.2, -0.15) is 0 Å². The predicted molar refractivity (Wildman–Crippen MR) is 156 cm³/mol. The minimum atomic E-state index is -1.07. The number of ether oxygens (including phenoxy) is 1. The van der Waals surface area contributed by atoms with E-state index in [1.54, 1.807) is 25.1 Å². The van der Waals surface area contributed by atoms with Gasteiger partial charge in [-0.25, -0.2) is 9.59 Å². The van der Waals surface area contributed by atoms with Gasteiger partial charge in [-0.15, -0.1) is 0 Å². The average molecular weight is 537 g/mol. The van der Waals surface area contributed by atoms with Crippen LogP contribution < -0.4 is 10.6 Å². The van der Waals surface area contributed by atoms with E-state index in [1.807, 2.05) is 72.8 Å². The molecule has 0 aliphatic carbocycles. The fraction of sp³-hybridized carbons (Fsp3) is 0.182. The Bertz CT molecular complexity index is 1450. The number of Topliss-reactive ketones (excluding diaryl/α,β-unsaturated/α-hetero) is 1. The molecule has 1 atom stereocenters. The molecule has 0 aliphatic rings. The number of benzene rings is 4. The number of esters is 1. The molecule has 0 radical (unpaired) electrons. The van der Waals surface area contributed by atoms with Gasteiger partial charge in [0, 0.05) is 24.2 Å². The van der Waals surface area contributed by atoms with Gasteiger partial charge in [0.25, 0.3) is 0 Å². The third-order valence-electron chi connectivity index (χ3n) is 6.42. The van der Waals surface area contributed by atoms with Crippen LogP contribution in [0, 0.1) is 0 Å². The van der Waals surface area contributed by atoms with Gasteiger partial charge in [-0.05, 0) is 47.4 Å². The Hall–Kier alpha value is -4.75. The summed E-state index contributed by atoms with van der Waals surface area (Å²) in [5.41, 5.74) is 5.16. The minimum absolute atomic E-state index is 0.0504. The number of rotatable bonds is 13. The lowest BCUT2D eigenvalue weighted by atomic mass is 9.99. The van der Waals surface area contributed by atoms with Gasteiger partial charge < -0.3 is 20.5 Å². The molecule has 0 aromatic heterocycles. The number of aromatic carboxylic acids is 1. The maximum Gasteiger partial charge on any atom is 0.337 e. The number of carboxylic acid groups (broad SMARTS) is 1. The fourth-order valence-corrected chi connectivity index (χ4v) is 4.40. The Labute approximate surface area is 233 Å². The zero-order valence-electron chi connectivity index (χ0n) is 22.3. The largest absolute Gasteiger partial charge is 0.478 e. The number of hydrogen-bond acceptors (Lipinski definition) is 6. The molecule has 0 amide bonds. The number of ketones is 1. The third-order valence-corrected chi connectivity index (χ3v) is 6.42. The van der Waals surface area contributed by atoms with Gasteiger partial charge in [0.2, 0.25) is 0 Å². The van der Waals surface area contributed by atoms with Crippen molar-refractivity contribution >= 4 is 23.4 Å². The Morgan fingerprint density at radius 1 is 0.800 bits per heavy atom. The van der Waals surface area contributed by atoms with Crippen LogP contribution in [-0.4, -0.2) is 42.0 Å². The lowest BCUT2D eigenvalue weighted by Gasteiger charge is -2.20. The molecule has 0 heterocycles. The van der Waals surface area contributed by atoms with Crippen LogP contribution in [0.1, 0.15) is 38.8 Å². The number of carboxylic acids is 1. The van der Waals surface area contributed by atoms with Gasteiger partial charge >= 0.3 is 11.9 Å². The number of carbonyl (C=O) groups excluding carboxylic acids is 2. The van der Waals surface area contributed by atoms with Crippen molar-refractivity contribution in [2.75, 3.05) is 18.5 Å². The number of hydrogen-bond donors (Lipinski definition) is 3. The molecule has 0 bridgehead atoms. The van der Waals surface area contributed by atoms with E-state index in [4.69, 9.17) is 4.74 Å². The quantitative estimate of drug-likeness (QED) is 0.151. The van der Waals surface area contributed by atoms with Crippen LogP contribution in [0.15, 0.2) is 103 Å². The van der Waals surface area contributed by atoms with Crippen molar-refractivity contribution in [3.8, 4) is 11.1 Å². The Balaban J connectivity index is 1.41. The Morgan fingerprint density at radius 2 is 1.52 bits per heavy atom. The summed E-state index contributed by atoms with van der Waals surface area (Å²) in [7, 11) is 0. The Kier molecular flexibility index (Phi) is 9.80. The summed E-state index contributed by atoms with van der Waals surface area (Å²) in [5, 5.41) is 15.8. The second-order valence-electron chi connectivity index (χ2n) is 9.29. The maximum absolute atomic E-state index is 12.7. The van der Waals surface area contributed by atoms with E-state index in [2.05, 4.69) is 16.7 Å². The van der Waals surface area contributed by atoms with Crippen molar-refractivity contribution in [3.63, 3.8) is 0 Å². The van der Waals surface area contributed by atoms with Crippen molar-refractivity contribution in [2.45, 2.75) is 25.9 Å². The first kappa shape index (κ1) is 28.3. The monoisotopic (exact) mass is 536 g/mol. The zero-order valence-corrected chi connectivity index (χ0v) is 22.3. The first-order valence-electron chi connectivity index (χ1n) is 13.2. The second kappa shape index (κ2) is 13.9. The van der Waals surface area contributed by atoms with Crippen LogP contribution in [0.25, 0.3) is 11.1 Å². The van der Waals surface area contributed by atoms with Crippen molar-refractivity contribution < 1.29 is 24.2 Å². The first-order chi connectivity index (χ1) is 19.4. The SMILES string of the molecule is CCOC(=O)[C@H](Cc1ccc(-c2cccc(CNCC(=O)c3ccccc3)c2)cc1)Nc1ccccc1C(=O)O. The summed E-state index contributed by atoms with van der Waals surface area (Å²) in [5.74, 6) is -1.47. The molecule has 0 unspecified atom stereocenters. The zero-order chi connectivity index (χ0) is 28.3. The van der Waals surface area contributed by atoms with E-state index in [-0.39, 0.29) is 24.5 Å². The van der Waals surface area contributed by atoms with Crippen LogP contribution >= 0.6 is 0 Å². The molecule has 4 aromatic rings. The van der Waals surface area contributed by atoms with E-state index >= 15 is 0 Å². The number of carbonyl (C=O) groups is 3.